The molecule has 34 heavy (non-hydrogen) atoms. The van der Waals surface area contributed by atoms with Crippen molar-refractivity contribution in [3.63, 3.8) is 0 Å². The van der Waals surface area contributed by atoms with E-state index in [-0.39, 0.29) is 17.4 Å². The predicted molar refractivity (Wildman–Crippen MR) is 128 cm³/mol. The number of nitrogen functional groups attached to an aromatic ring is 1. The lowest BCUT2D eigenvalue weighted by molar-refractivity contribution is 0.188. The van der Waals surface area contributed by atoms with Gasteiger partial charge in [0.15, 0.2) is 23.1 Å². The first-order chi connectivity index (χ1) is 16.5. The number of rotatable bonds is 9. The fraction of sp³-hybridized carbons (Fsp3) is 0.261. The number of nitrogens with one attached hydrogen (secondary N) is 1. The molecule has 0 radical (unpaired) electrons. The van der Waals surface area contributed by atoms with Gasteiger partial charge < -0.3 is 39.3 Å². The number of aromatic amines is 1. The monoisotopic (exact) mass is 466 g/mol. The van der Waals surface area contributed by atoms with E-state index in [1.165, 1.54) is 21.3 Å². The first kappa shape index (κ1) is 22.9. The lowest BCUT2D eigenvalue weighted by Gasteiger charge is -2.12. The molecule has 0 saturated carbocycles. The molecule has 0 aliphatic heterocycles. The third kappa shape index (κ3) is 4.08. The molecule has 2 aromatic carbocycles. The number of fused-ring (bicyclic) bond motifs is 1. The van der Waals surface area contributed by atoms with Crippen LogP contribution in [0.25, 0.3) is 22.4 Å². The van der Waals surface area contributed by atoms with Gasteiger partial charge in [-0.25, -0.2) is 4.98 Å². The fourth-order valence-corrected chi connectivity index (χ4v) is 3.66. The van der Waals surface area contributed by atoms with E-state index in [1.807, 2.05) is 24.3 Å². The normalized spacial score (nSPS) is 11.4. The number of para-hydroxylation sites is 2. The summed E-state index contributed by atoms with van der Waals surface area (Å²) in [4.78, 5) is 7.75. The Labute approximate surface area is 195 Å². The van der Waals surface area contributed by atoms with Crippen LogP contribution in [-0.2, 0) is 11.3 Å². The van der Waals surface area contributed by atoms with Crippen molar-refractivity contribution in [2.45, 2.75) is 6.54 Å². The molecule has 0 aliphatic carbocycles. The van der Waals surface area contributed by atoms with Crippen molar-refractivity contribution in [2.24, 2.45) is 10.2 Å². The topological polar surface area (TPSA) is 142 Å². The number of benzene rings is 2. The second-order valence-electron chi connectivity index (χ2n) is 7.26. The van der Waals surface area contributed by atoms with Gasteiger partial charge in [0, 0.05) is 25.8 Å². The summed E-state index contributed by atoms with van der Waals surface area (Å²) >= 11 is 0. The van der Waals surface area contributed by atoms with Crippen LogP contribution >= 0.6 is 0 Å². The number of aromatic hydroxyl groups is 1. The van der Waals surface area contributed by atoms with E-state index in [2.05, 4.69) is 20.2 Å². The number of imidazole rings is 1. The van der Waals surface area contributed by atoms with Gasteiger partial charge >= 0.3 is 0 Å². The van der Waals surface area contributed by atoms with E-state index in [0.29, 0.717) is 47.5 Å². The number of anilines is 1. The summed E-state index contributed by atoms with van der Waals surface area (Å²) in [6.07, 6.45) is 0. The molecule has 4 N–H and O–H groups in total. The summed E-state index contributed by atoms with van der Waals surface area (Å²) in [6.45, 7) is 0.699. The van der Waals surface area contributed by atoms with E-state index in [4.69, 9.17) is 24.7 Å². The van der Waals surface area contributed by atoms with Crippen molar-refractivity contribution >= 4 is 28.4 Å². The van der Waals surface area contributed by atoms with Gasteiger partial charge in [-0.05, 0) is 12.1 Å². The van der Waals surface area contributed by atoms with Gasteiger partial charge in [-0.3, -0.25) is 0 Å². The third-order valence-electron chi connectivity index (χ3n) is 5.31. The molecule has 2 heterocycles. The number of ether oxygens (including phenoxy) is 4. The van der Waals surface area contributed by atoms with Crippen molar-refractivity contribution in [3.8, 4) is 34.4 Å². The zero-order valence-electron chi connectivity index (χ0n) is 19.3. The number of aromatic nitrogens is 3. The summed E-state index contributed by atoms with van der Waals surface area (Å²) < 4.78 is 22.9. The Morgan fingerprint density at radius 3 is 2.35 bits per heavy atom. The highest BCUT2D eigenvalue weighted by Gasteiger charge is 2.25. The molecule has 0 amide bonds. The van der Waals surface area contributed by atoms with Crippen LogP contribution in [0.5, 0.6) is 23.0 Å². The first-order valence-electron chi connectivity index (χ1n) is 10.4. The molecular formula is C23H26N6O5. The van der Waals surface area contributed by atoms with Crippen LogP contribution in [0.3, 0.4) is 0 Å². The zero-order chi connectivity index (χ0) is 24.2. The van der Waals surface area contributed by atoms with Crippen molar-refractivity contribution in [3.05, 3.63) is 36.4 Å². The van der Waals surface area contributed by atoms with Crippen molar-refractivity contribution < 1.29 is 24.1 Å². The van der Waals surface area contributed by atoms with Crippen molar-refractivity contribution in [1.29, 1.82) is 0 Å². The molecule has 0 fully saturated rings. The standard InChI is InChI=1S/C23H26N6O5/c1-31-10-9-29-21(24)18(22-25-14-7-5-6-8-15(14)26-22)19(30)23(29)28-27-13-11-16(32-2)20(34-4)17(12-13)33-3/h5-8,11-12,30H,9-10,24H2,1-4H3,(H,25,26). The molecule has 0 bridgehead atoms. The minimum atomic E-state index is -0.149. The number of methoxy groups -OCH3 is 4. The molecule has 2 aromatic heterocycles. The first-order valence-corrected chi connectivity index (χ1v) is 10.4. The Balaban J connectivity index is 1.81. The summed E-state index contributed by atoms with van der Waals surface area (Å²) in [5.41, 5.74) is 8.77. The molecular weight excluding hydrogens is 440 g/mol. The maximum atomic E-state index is 11.1. The van der Waals surface area contributed by atoms with Crippen LogP contribution in [-0.4, -0.2) is 54.7 Å². The number of hydrogen-bond acceptors (Lipinski definition) is 9. The number of nitrogens with two attached hydrogens (primary N) is 1. The molecule has 0 atom stereocenters. The average molecular weight is 466 g/mol. The minimum Gasteiger partial charge on any atom is -0.504 e. The van der Waals surface area contributed by atoms with E-state index >= 15 is 0 Å². The highest BCUT2D eigenvalue weighted by molar-refractivity contribution is 5.87. The lowest BCUT2D eigenvalue weighted by atomic mass is 10.2. The summed E-state index contributed by atoms with van der Waals surface area (Å²) in [5, 5.41) is 19.7. The molecule has 0 unspecified atom stereocenters. The van der Waals surface area contributed by atoms with Gasteiger partial charge in [0.2, 0.25) is 5.75 Å². The Morgan fingerprint density at radius 1 is 1.03 bits per heavy atom. The smallest absolute Gasteiger partial charge is 0.203 e. The second kappa shape index (κ2) is 9.71. The fourth-order valence-electron chi connectivity index (χ4n) is 3.66. The maximum absolute atomic E-state index is 11.1. The molecule has 4 rings (SSSR count). The van der Waals surface area contributed by atoms with Gasteiger partial charge in [0.1, 0.15) is 17.2 Å². The van der Waals surface area contributed by atoms with Crippen molar-refractivity contribution in [2.75, 3.05) is 40.8 Å². The predicted octanol–water partition coefficient (Wildman–Crippen LogP) is 4.41. The van der Waals surface area contributed by atoms with Crippen LogP contribution in [0, 0.1) is 0 Å². The van der Waals surface area contributed by atoms with Crippen LogP contribution in [0.2, 0.25) is 0 Å². The molecule has 0 aliphatic rings. The van der Waals surface area contributed by atoms with Gasteiger partial charge in [-0.2, -0.15) is 0 Å². The molecule has 0 spiro atoms. The van der Waals surface area contributed by atoms with Crippen LogP contribution in [0.1, 0.15) is 0 Å². The molecule has 0 saturated heterocycles. The van der Waals surface area contributed by atoms with Crippen molar-refractivity contribution in [1.82, 2.24) is 14.5 Å². The van der Waals surface area contributed by atoms with Crippen LogP contribution < -0.4 is 19.9 Å². The molecule has 11 heteroatoms. The Kier molecular flexibility index (Phi) is 6.55. The van der Waals surface area contributed by atoms with E-state index < -0.39 is 0 Å². The van der Waals surface area contributed by atoms with Gasteiger partial charge in [-0.1, -0.05) is 12.1 Å². The second-order valence-corrected chi connectivity index (χ2v) is 7.26. The lowest BCUT2D eigenvalue weighted by Crippen LogP contribution is -2.07. The highest BCUT2D eigenvalue weighted by Crippen LogP contribution is 2.46. The molecule has 4 aromatic rings. The summed E-state index contributed by atoms with van der Waals surface area (Å²) in [7, 11) is 6.13. The number of hydrogen-bond donors (Lipinski definition) is 3. The quantitative estimate of drug-likeness (QED) is 0.310. The third-order valence-corrected chi connectivity index (χ3v) is 5.31. The number of azo groups is 1. The highest BCUT2D eigenvalue weighted by atomic mass is 16.5. The molecule has 178 valence electrons. The Morgan fingerprint density at radius 2 is 1.74 bits per heavy atom. The molecule has 11 nitrogen and oxygen atoms in total. The van der Waals surface area contributed by atoms with Gasteiger partial charge in [0.05, 0.1) is 44.7 Å². The van der Waals surface area contributed by atoms with Crippen LogP contribution in [0.4, 0.5) is 17.3 Å². The van der Waals surface area contributed by atoms with Gasteiger partial charge in [-0.15, -0.1) is 10.2 Å². The van der Waals surface area contributed by atoms with E-state index in [1.54, 1.807) is 23.8 Å². The van der Waals surface area contributed by atoms with E-state index in [9.17, 15) is 5.11 Å². The minimum absolute atomic E-state index is 0.149. The van der Waals surface area contributed by atoms with E-state index in [0.717, 1.165) is 11.0 Å². The Hall–Kier alpha value is -4.25. The average Bonchev–Trinajstić information content (AvgIpc) is 3.37. The Bertz CT molecular complexity index is 1290. The largest absolute Gasteiger partial charge is 0.504 e. The maximum Gasteiger partial charge on any atom is 0.203 e. The zero-order valence-corrected chi connectivity index (χ0v) is 19.3. The van der Waals surface area contributed by atoms with Gasteiger partial charge in [0.25, 0.3) is 0 Å². The summed E-state index contributed by atoms with van der Waals surface area (Å²) in [5.74, 6) is 2.02. The number of nitrogens with zero attached hydrogens (tertiary/aromatic N) is 4. The number of H-pyrrole nitrogens is 1. The summed E-state index contributed by atoms with van der Waals surface area (Å²) in [6, 6.07) is 10.8. The van der Waals surface area contributed by atoms with Crippen LogP contribution in [0.15, 0.2) is 46.6 Å². The SMILES string of the molecule is COCCn1c(N)c(-c2nc3ccccc3[nH]2)c(O)c1N=Nc1cc(OC)c(OC)c(OC)c1.